The molecule has 2 heterocycles. The van der Waals surface area contributed by atoms with E-state index in [1.54, 1.807) is 0 Å². The second kappa shape index (κ2) is 6.38. The van der Waals surface area contributed by atoms with Crippen LogP contribution in [0.15, 0.2) is 22.7 Å². The summed E-state index contributed by atoms with van der Waals surface area (Å²) < 4.78 is 1.30. The van der Waals surface area contributed by atoms with E-state index in [1.165, 1.54) is 54.4 Å². The molecule has 3 rings (SSSR count). The Bertz CT molecular complexity index is 421. The van der Waals surface area contributed by atoms with Crippen molar-refractivity contribution >= 4 is 15.9 Å². The minimum Gasteiger partial charge on any atom is -0.317 e. The van der Waals surface area contributed by atoms with Gasteiger partial charge in [0.25, 0.3) is 0 Å². The van der Waals surface area contributed by atoms with Crippen molar-refractivity contribution in [2.24, 2.45) is 0 Å². The molecule has 1 aromatic carbocycles. The van der Waals surface area contributed by atoms with E-state index in [-0.39, 0.29) is 0 Å². The van der Waals surface area contributed by atoms with E-state index in [1.807, 2.05) is 0 Å². The van der Waals surface area contributed by atoms with E-state index in [9.17, 15) is 0 Å². The molecule has 0 bridgehead atoms. The highest BCUT2D eigenvalue weighted by molar-refractivity contribution is 9.10. The lowest BCUT2D eigenvalue weighted by Crippen LogP contribution is -2.26. The molecular formula is C16H23BrN2. The summed E-state index contributed by atoms with van der Waals surface area (Å²) in [5.74, 6) is 0.749. The minimum absolute atomic E-state index is 0.749. The molecule has 0 radical (unpaired) electrons. The number of hydrogen-bond acceptors (Lipinski definition) is 2. The topological polar surface area (TPSA) is 15.3 Å². The lowest BCUT2D eigenvalue weighted by molar-refractivity contribution is 0.330. The predicted molar refractivity (Wildman–Crippen MR) is 83.5 cm³/mol. The zero-order valence-corrected chi connectivity index (χ0v) is 13.1. The fourth-order valence-corrected chi connectivity index (χ4v) is 3.80. The number of rotatable bonds is 3. The van der Waals surface area contributed by atoms with Crippen molar-refractivity contribution in [2.45, 2.75) is 38.1 Å². The van der Waals surface area contributed by atoms with Crippen LogP contribution in [0.2, 0.25) is 0 Å². The maximum Gasteiger partial charge on any atom is 0.0244 e. The van der Waals surface area contributed by atoms with E-state index in [2.05, 4.69) is 44.3 Å². The zero-order chi connectivity index (χ0) is 13.1. The first kappa shape index (κ1) is 13.6. The molecule has 0 aromatic heterocycles. The van der Waals surface area contributed by atoms with E-state index < -0.39 is 0 Å². The van der Waals surface area contributed by atoms with Crippen LogP contribution in [0.4, 0.5) is 0 Å². The molecule has 0 unspecified atom stereocenters. The Labute approximate surface area is 124 Å². The largest absolute Gasteiger partial charge is 0.317 e. The molecule has 1 N–H and O–H groups in total. The van der Waals surface area contributed by atoms with Crippen molar-refractivity contribution in [3.05, 3.63) is 33.8 Å². The summed E-state index contributed by atoms with van der Waals surface area (Å²) in [6.07, 6.45) is 5.28. The SMILES string of the molecule is Brc1cc(C2CCNCC2)ccc1CN1CCCC1. The summed E-state index contributed by atoms with van der Waals surface area (Å²) in [6.45, 7) is 5.97. The molecule has 2 fully saturated rings. The summed E-state index contributed by atoms with van der Waals surface area (Å²) in [6, 6.07) is 7.05. The third kappa shape index (κ3) is 3.39. The van der Waals surface area contributed by atoms with E-state index >= 15 is 0 Å². The van der Waals surface area contributed by atoms with Gasteiger partial charge in [-0.25, -0.2) is 0 Å². The Hall–Kier alpha value is -0.380. The van der Waals surface area contributed by atoms with E-state index in [0.717, 1.165) is 25.6 Å². The quantitative estimate of drug-likeness (QED) is 0.916. The monoisotopic (exact) mass is 322 g/mol. The Morgan fingerprint density at radius 3 is 2.58 bits per heavy atom. The molecule has 3 heteroatoms. The first-order chi connectivity index (χ1) is 9.33. The van der Waals surface area contributed by atoms with Crippen LogP contribution in [-0.2, 0) is 6.54 Å². The maximum atomic E-state index is 3.78. The smallest absolute Gasteiger partial charge is 0.0244 e. The van der Waals surface area contributed by atoms with Crippen molar-refractivity contribution in [1.29, 1.82) is 0 Å². The van der Waals surface area contributed by atoms with Gasteiger partial charge in [0.15, 0.2) is 0 Å². The maximum absolute atomic E-state index is 3.78. The average Bonchev–Trinajstić information content (AvgIpc) is 2.95. The van der Waals surface area contributed by atoms with Crippen LogP contribution >= 0.6 is 15.9 Å². The summed E-state index contributed by atoms with van der Waals surface area (Å²) >= 11 is 3.78. The summed E-state index contributed by atoms with van der Waals surface area (Å²) in [5.41, 5.74) is 2.96. The van der Waals surface area contributed by atoms with E-state index in [0.29, 0.717) is 0 Å². The van der Waals surface area contributed by atoms with Gasteiger partial charge in [0.2, 0.25) is 0 Å². The Kier molecular flexibility index (Phi) is 4.57. The predicted octanol–water partition coefficient (Wildman–Crippen LogP) is 3.51. The first-order valence-electron chi connectivity index (χ1n) is 7.54. The third-order valence-corrected chi connectivity index (χ3v) is 5.22. The van der Waals surface area contributed by atoms with Crippen LogP contribution in [0.5, 0.6) is 0 Å². The normalized spacial score (nSPS) is 21.9. The highest BCUT2D eigenvalue weighted by Gasteiger charge is 2.17. The number of halogens is 1. The van der Waals surface area contributed by atoms with Gasteiger partial charge in [-0.1, -0.05) is 28.1 Å². The molecule has 0 amide bonds. The molecule has 104 valence electrons. The number of nitrogens with zero attached hydrogens (tertiary/aromatic N) is 1. The number of nitrogens with one attached hydrogen (secondary N) is 1. The summed E-state index contributed by atoms with van der Waals surface area (Å²) in [7, 11) is 0. The molecule has 2 aliphatic rings. The summed E-state index contributed by atoms with van der Waals surface area (Å²) in [4.78, 5) is 2.56. The average molecular weight is 323 g/mol. The molecular weight excluding hydrogens is 300 g/mol. The molecule has 0 spiro atoms. The van der Waals surface area contributed by atoms with Gasteiger partial charge >= 0.3 is 0 Å². The van der Waals surface area contributed by atoms with Crippen LogP contribution in [0.25, 0.3) is 0 Å². The molecule has 0 saturated carbocycles. The number of hydrogen-bond donors (Lipinski definition) is 1. The lowest BCUT2D eigenvalue weighted by Gasteiger charge is -2.24. The Morgan fingerprint density at radius 1 is 1.16 bits per heavy atom. The van der Waals surface area contributed by atoms with Crippen LogP contribution in [0, 0.1) is 0 Å². The van der Waals surface area contributed by atoms with Crippen molar-refractivity contribution in [3.63, 3.8) is 0 Å². The molecule has 0 aliphatic carbocycles. The molecule has 0 atom stereocenters. The van der Waals surface area contributed by atoms with Crippen molar-refractivity contribution in [3.8, 4) is 0 Å². The zero-order valence-electron chi connectivity index (χ0n) is 11.5. The number of piperidine rings is 1. The molecule has 2 saturated heterocycles. The van der Waals surface area contributed by atoms with Gasteiger partial charge in [-0.3, -0.25) is 4.90 Å². The van der Waals surface area contributed by atoms with Crippen LogP contribution in [0.1, 0.15) is 42.7 Å². The molecule has 2 nitrogen and oxygen atoms in total. The highest BCUT2D eigenvalue weighted by Crippen LogP contribution is 2.30. The van der Waals surface area contributed by atoms with Gasteiger partial charge in [-0.05, 0) is 75.0 Å². The Balaban J connectivity index is 1.69. The van der Waals surface area contributed by atoms with E-state index in [4.69, 9.17) is 0 Å². The van der Waals surface area contributed by atoms with Crippen molar-refractivity contribution in [1.82, 2.24) is 10.2 Å². The fourth-order valence-electron chi connectivity index (χ4n) is 3.28. The van der Waals surface area contributed by atoms with Gasteiger partial charge in [0.05, 0.1) is 0 Å². The van der Waals surface area contributed by atoms with Gasteiger partial charge in [0.1, 0.15) is 0 Å². The summed E-state index contributed by atoms with van der Waals surface area (Å²) in [5, 5.41) is 3.44. The van der Waals surface area contributed by atoms with Crippen molar-refractivity contribution in [2.75, 3.05) is 26.2 Å². The molecule has 19 heavy (non-hydrogen) atoms. The second-order valence-electron chi connectivity index (χ2n) is 5.86. The minimum atomic E-state index is 0.749. The first-order valence-corrected chi connectivity index (χ1v) is 8.33. The number of benzene rings is 1. The van der Waals surface area contributed by atoms with Gasteiger partial charge in [-0.15, -0.1) is 0 Å². The van der Waals surface area contributed by atoms with Crippen LogP contribution in [-0.4, -0.2) is 31.1 Å². The number of likely N-dealkylation sites (tertiary alicyclic amines) is 1. The standard InChI is InChI=1S/C16H23BrN2/c17-16-11-14(13-5-7-18-8-6-13)3-4-15(16)12-19-9-1-2-10-19/h3-4,11,13,18H,1-2,5-10,12H2. The van der Waals surface area contributed by atoms with Gasteiger partial charge < -0.3 is 5.32 Å². The van der Waals surface area contributed by atoms with Gasteiger partial charge in [-0.2, -0.15) is 0 Å². The van der Waals surface area contributed by atoms with Crippen LogP contribution in [0.3, 0.4) is 0 Å². The lowest BCUT2D eigenvalue weighted by atomic mass is 9.90. The molecule has 1 aromatic rings. The highest BCUT2D eigenvalue weighted by atomic mass is 79.9. The van der Waals surface area contributed by atoms with Gasteiger partial charge in [0, 0.05) is 11.0 Å². The Morgan fingerprint density at radius 2 is 1.89 bits per heavy atom. The third-order valence-electron chi connectivity index (χ3n) is 4.48. The van der Waals surface area contributed by atoms with Crippen molar-refractivity contribution < 1.29 is 0 Å². The fraction of sp³-hybridized carbons (Fsp3) is 0.625. The second-order valence-corrected chi connectivity index (χ2v) is 6.71. The van der Waals surface area contributed by atoms with Crippen LogP contribution < -0.4 is 5.32 Å². The molecule has 2 aliphatic heterocycles.